The number of aromatic amines is 1. The van der Waals surface area contributed by atoms with Crippen LogP contribution >= 0.6 is 27.7 Å². The fraction of sp³-hybridized carbons (Fsp3) is 0.200. The van der Waals surface area contributed by atoms with E-state index in [0.717, 1.165) is 32.4 Å². The summed E-state index contributed by atoms with van der Waals surface area (Å²) in [6, 6.07) is 3.91. The third-order valence-corrected chi connectivity index (χ3v) is 3.96. The van der Waals surface area contributed by atoms with Crippen molar-refractivity contribution in [1.82, 2.24) is 15.2 Å². The van der Waals surface area contributed by atoms with Gasteiger partial charge in [-0.1, -0.05) is 27.7 Å². The zero-order chi connectivity index (χ0) is 11.7. The van der Waals surface area contributed by atoms with Gasteiger partial charge in [-0.25, -0.2) is 4.98 Å². The first-order valence-corrected chi connectivity index (χ1v) is 6.67. The third kappa shape index (κ3) is 2.25. The van der Waals surface area contributed by atoms with E-state index in [1.165, 1.54) is 6.33 Å². The van der Waals surface area contributed by atoms with E-state index >= 15 is 0 Å². The van der Waals surface area contributed by atoms with Crippen LogP contribution in [0, 0.1) is 0 Å². The van der Waals surface area contributed by atoms with Gasteiger partial charge >= 0.3 is 0 Å². The Hall–Kier alpha value is -1.21. The van der Waals surface area contributed by atoms with E-state index in [-0.39, 0.29) is 0 Å². The van der Waals surface area contributed by atoms with Crippen LogP contribution in [0.4, 0.5) is 0 Å². The molecule has 0 radical (unpaired) electrons. The topological polar surface area (TPSA) is 60.0 Å². The largest absolute Gasteiger partial charge is 0.454 e. The molecule has 0 amide bonds. The molecule has 1 aromatic heterocycles. The van der Waals surface area contributed by atoms with Gasteiger partial charge in [0.25, 0.3) is 0 Å². The van der Waals surface area contributed by atoms with Crippen molar-refractivity contribution < 1.29 is 9.47 Å². The third-order valence-electron chi connectivity index (χ3n) is 2.30. The molecule has 5 nitrogen and oxygen atoms in total. The number of halogens is 1. The van der Waals surface area contributed by atoms with Gasteiger partial charge in [-0.2, -0.15) is 5.10 Å². The average molecular weight is 314 g/mol. The van der Waals surface area contributed by atoms with E-state index in [9.17, 15) is 0 Å². The Labute approximate surface area is 110 Å². The first-order valence-electron chi connectivity index (χ1n) is 4.89. The average Bonchev–Trinajstić information content (AvgIpc) is 2.95. The maximum absolute atomic E-state index is 5.34. The van der Waals surface area contributed by atoms with Crippen molar-refractivity contribution in [3.63, 3.8) is 0 Å². The molecule has 3 rings (SSSR count). The second-order valence-electron chi connectivity index (χ2n) is 3.38. The van der Waals surface area contributed by atoms with Gasteiger partial charge < -0.3 is 9.47 Å². The van der Waals surface area contributed by atoms with Gasteiger partial charge in [-0.15, -0.1) is 0 Å². The zero-order valence-corrected chi connectivity index (χ0v) is 11.0. The maximum atomic E-state index is 5.34. The molecule has 17 heavy (non-hydrogen) atoms. The van der Waals surface area contributed by atoms with Crippen molar-refractivity contribution in [2.75, 3.05) is 6.79 Å². The number of benzene rings is 1. The lowest BCUT2D eigenvalue weighted by Crippen LogP contribution is -1.92. The highest BCUT2D eigenvalue weighted by atomic mass is 79.9. The standard InChI is InChI=1S/C10H8BrN3O2S/c11-7-2-9-8(15-5-16-9)1-6(7)3-17-10-12-4-13-14-10/h1-2,4H,3,5H2,(H,12,13,14). The van der Waals surface area contributed by atoms with E-state index < -0.39 is 0 Å². The van der Waals surface area contributed by atoms with Crippen LogP contribution in [0.15, 0.2) is 28.1 Å². The molecule has 1 aliphatic rings. The summed E-state index contributed by atoms with van der Waals surface area (Å²) in [4.78, 5) is 4.06. The molecular weight excluding hydrogens is 306 g/mol. The molecule has 0 spiro atoms. The number of hydrogen-bond acceptors (Lipinski definition) is 5. The van der Waals surface area contributed by atoms with Crippen molar-refractivity contribution in [3.8, 4) is 11.5 Å². The van der Waals surface area contributed by atoms with Crippen LogP contribution in [0.25, 0.3) is 0 Å². The summed E-state index contributed by atoms with van der Waals surface area (Å²) in [5, 5.41) is 7.41. The van der Waals surface area contributed by atoms with Crippen molar-refractivity contribution >= 4 is 27.7 Å². The minimum Gasteiger partial charge on any atom is -0.454 e. The highest BCUT2D eigenvalue weighted by molar-refractivity contribution is 9.10. The number of rotatable bonds is 3. The normalized spacial score (nSPS) is 13.0. The minimum atomic E-state index is 0.292. The Morgan fingerprint density at radius 1 is 1.35 bits per heavy atom. The Morgan fingerprint density at radius 2 is 2.18 bits per heavy atom. The highest BCUT2D eigenvalue weighted by Crippen LogP contribution is 2.38. The van der Waals surface area contributed by atoms with Gasteiger partial charge in [0.2, 0.25) is 6.79 Å². The quantitative estimate of drug-likeness (QED) is 0.883. The maximum Gasteiger partial charge on any atom is 0.231 e. The predicted molar refractivity (Wildman–Crippen MR) is 66.2 cm³/mol. The van der Waals surface area contributed by atoms with Crippen LogP contribution in [0.5, 0.6) is 11.5 Å². The van der Waals surface area contributed by atoms with Crippen LogP contribution in [0.3, 0.4) is 0 Å². The van der Waals surface area contributed by atoms with E-state index in [4.69, 9.17) is 9.47 Å². The Morgan fingerprint density at radius 3 is 2.94 bits per heavy atom. The summed E-state index contributed by atoms with van der Waals surface area (Å²) in [5.41, 5.74) is 1.13. The van der Waals surface area contributed by atoms with Crippen molar-refractivity contribution in [2.24, 2.45) is 0 Å². The number of fused-ring (bicyclic) bond motifs is 1. The number of nitrogens with one attached hydrogen (secondary N) is 1. The number of aromatic nitrogens is 3. The molecule has 88 valence electrons. The van der Waals surface area contributed by atoms with Gasteiger partial charge in [0.1, 0.15) is 6.33 Å². The summed E-state index contributed by atoms with van der Waals surface area (Å²) in [6.07, 6.45) is 1.50. The van der Waals surface area contributed by atoms with E-state index in [1.807, 2.05) is 12.1 Å². The van der Waals surface area contributed by atoms with Crippen molar-refractivity contribution in [3.05, 3.63) is 28.5 Å². The molecule has 0 fully saturated rings. The smallest absolute Gasteiger partial charge is 0.231 e. The Bertz CT molecular complexity index is 533. The van der Waals surface area contributed by atoms with Crippen LogP contribution in [0.1, 0.15) is 5.56 Å². The van der Waals surface area contributed by atoms with Gasteiger partial charge in [0, 0.05) is 10.2 Å². The van der Waals surface area contributed by atoms with E-state index in [0.29, 0.717) is 6.79 Å². The molecule has 0 saturated heterocycles. The van der Waals surface area contributed by atoms with Crippen LogP contribution < -0.4 is 9.47 Å². The highest BCUT2D eigenvalue weighted by Gasteiger charge is 2.16. The van der Waals surface area contributed by atoms with Crippen molar-refractivity contribution in [2.45, 2.75) is 10.9 Å². The first kappa shape index (κ1) is 10.9. The predicted octanol–water partition coefficient (Wildman–Crippen LogP) is 2.59. The second-order valence-corrected chi connectivity index (χ2v) is 5.19. The summed E-state index contributed by atoms with van der Waals surface area (Å²) in [6.45, 7) is 0.292. The molecule has 1 aromatic carbocycles. The molecule has 0 saturated carbocycles. The number of H-pyrrole nitrogens is 1. The molecule has 2 aromatic rings. The molecule has 1 aliphatic heterocycles. The molecular formula is C10H8BrN3O2S. The van der Waals surface area contributed by atoms with Crippen LogP contribution in [-0.2, 0) is 5.75 Å². The lowest BCUT2D eigenvalue weighted by molar-refractivity contribution is 0.174. The number of nitrogens with zero attached hydrogens (tertiary/aromatic N) is 2. The van der Waals surface area contributed by atoms with Gasteiger partial charge in [-0.3, -0.25) is 5.10 Å². The molecule has 7 heteroatoms. The fourth-order valence-corrected chi connectivity index (χ4v) is 2.90. The lowest BCUT2D eigenvalue weighted by Gasteiger charge is -2.04. The summed E-state index contributed by atoms with van der Waals surface area (Å²) in [5.74, 6) is 2.36. The van der Waals surface area contributed by atoms with E-state index in [1.54, 1.807) is 11.8 Å². The summed E-state index contributed by atoms with van der Waals surface area (Å²) < 4.78 is 11.6. The zero-order valence-electron chi connectivity index (χ0n) is 8.64. The van der Waals surface area contributed by atoms with Gasteiger partial charge in [0.15, 0.2) is 16.7 Å². The van der Waals surface area contributed by atoms with Crippen LogP contribution in [-0.4, -0.2) is 22.0 Å². The Kier molecular flexibility index (Phi) is 2.94. The summed E-state index contributed by atoms with van der Waals surface area (Å²) in [7, 11) is 0. The minimum absolute atomic E-state index is 0.292. The molecule has 2 heterocycles. The molecule has 0 aliphatic carbocycles. The van der Waals surface area contributed by atoms with Crippen molar-refractivity contribution in [1.29, 1.82) is 0 Å². The van der Waals surface area contributed by atoms with Crippen LogP contribution in [0.2, 0.25) is 0 Å². The summed E-state index contributed by atoms with van der Waals surface area (Å²) >= 11 is 5.10. The monoisotopic (exact) mass is 313 g/mol. The molecule has 1 N–H and O–H groups in total. The lowest BCUT2D eigenvalue weighted by atomic mass is 10.2. The Balaban J connectivity index is 1.79. The number of thioether (sulfide) groups is 1. The SMILES string of the molecule is Brc1cc2c(cc1CSc1ncn[nH]1)OCO2. The first-order chi connectivity index (χ1) is 8.33. The second kappa shape index (κ2) is 4.58. The van der Waals surface area contributed by atoms with Gasteiger partial charge in [-0.05, 0) is 17.7 Å². The molecule has 0 atom stereocenters. The van der Waals surface area contributed by atoms with Gasteiger partial charge in [0.05, 0.1) is 0 Å². The van der Waals surface area contributed by atoms with E-state index in [2.05, 4.69) is 31.1 Å². The number of hydrogen-bond donors (Lipinski definition) is 1. The number of ether oxygens (including phenoxy) is 2. The molecule has 0 unspecified atom stereocenters. The fourth-order valence-electron chi connectivity index (χ4n) is 1.48. The molecule has 0 bridgehead atoms.